The lowest BCUT2D eigenvalue weighted by Crippen LogP contribution is -2.50. The molecule has 3 aromatic carbocycles. The molecule has 0 aromatic heterocycles. The van der Waals surface area contributed by atoms with Crippen LogP contribution in [-0.4, -0.2) is 23.1 Å². The second-order valence-electron chi connectivity index (χ2n) is 7.26. The van der Waals surface area contributed by atoms with Gasteiger partial charge in [-0.1, -0.05) is 12.1 Å². The van der Waals surface area contributed by atoms with Crippen molar-refractivity contribution in [3.63, 3.8) is 0 Å². The summed E-state index contributed by atoms with van der Waals surface area (Å²) < 4.78 is 117. The smallest absolute Gasteiger partial charge is 0.478 e. The van der Waals surface area contributed by atoms with Gasteiger partial charge >= 0.3 is 18.0 Å². The number of anilines is 1. The van der Waals surface area contributed by atoms with Gasteiger partial charge in [-0.3, -0.25) is 9.69 Å². The predicted molar refractivity (Wildman–Crippen MR) is 102 cm³/mol. The Morgan fingerprint density at radius 3 is 2.11 bits per heavy atom. The zero-order valence-electron chi connectivity index (χ0n) is 16.8. The SMILES string of the molecule is O=C(O)c1cccc(CN2C(=O)C(F)(F)Oc3cc(F)c(-c4c(F)c(F)c(F)c(F)c4F)cc32)c1. The maximum Gasteiger partial charge on any atom is 0.482 e. The van der Waals surface area contributed by atoms with E-state index in [9.17, 15) is 44.7 Å². The van der Waals surface area contributed by atoms with Crippen LogP contribution in [0.2, 0.25) is 0 Å². The molecule has 0 unspecified atom stereocenters. The van der Waals surface area contributed by atoms with Gasteiger partial charge in [-0.25, -0.2) is 31.1 Å². The Hall–Kier alpha value is -4.16. The topological polar surface area (TPSA) is 66.8 Å². The molecule has 1 aliphatic rings. The van der Waals surface area contributed by atoms with Crippen LogP contribution in [0.4, 0.5) is 40.8 Å². The van der Waals surface area contributed by atoms with Gasteiger partial charge in [0.1, 0.15) is 5.82 Å². The van der Waals surface area contributed by atoms with Gasteiger partial charge in [-0.05, 0) is 23.8 Å². The number of carboxylic acid groups (broad SMARTS) is 1. The van der Waals surface area contributed by atoms with Crippen molar-refractivity contribution in [2.75, 3.05) is 4.90 Å². The molecule has 3 aromatic rings. The van der Waals surface area contributed by atoms with Crippen molar-refractivity contribution in [3.8, 4) is 16.9 Å². The van der Waals surface area contributed by atoms with Crippen LogP contribution in [0.15, 0.2) is 36.4 Å². The van der Waals surface area contributed by atoms with Gasteiger partial charge in [0.25, 0.3) is 0 Å². The maximum absolute atomic E-state index is 14.7. The van der Waals surface area contributed by atoms with Crippen molar-refractivity contribution in [1.29, 1.82) is 0 Å². The van der Waals surface area contributed by atoms with Crippen molar-refractivity contribution in [1.82, 2.24) is 0 Å². The summed E-state index contributed by atoms with van der Waals surface area (Å²) in [4.78, 5) is 23.8. The van der Waals surface area contributed by atoms with Crippen LogP contribution in [0.25, 0.3) is 11.1 Å². The van der Waals surface area contributed by atoms with E-state index in [-0.39, 0.29) is 17.2 Å². The molecule has 13 heteroatoms. The average Bonchev–Trinajstić information content (AvgIpc) is 2.80. The highest BCUT2D eigenvalue weighted by Gasteiger charge is 2.51. The Balaban J connectivity index is 1.91. The van der Waals surface area contributed by atoms with Crippen molar-refractivity contribution in [2.45, 2.75) is 12.7 Å². The number of carbonyl (C=O) groups is 2. The summed E-state index contributed by atoms with van der Waals surface area (Å²) in [5, 5.41) is 9.10. The van der Waals surface area contributed by atoms with E-state index in [1.165, 1.54) is 18.2 Å². The van der Waals surface area contributed by atoms with Crippen LogP contribution < -0.4 is 9.64 Å². The number of amides is 1. The van der Waals surface area contributed by atoms with Crippen LogP contribution in [0, 0.1) is 34.9 Å². The second-order valence-corrected chi connectivity index (χ2v) is 7.26. The Kier molecular flexibility index (Phi) is 5.65. The molecule has 0 spiro atoms. The molecule has 0 saturated heterocycles. The lowest BCUT2D eigenvalue weighted by Gasteiger charge is -2.34. The number of hydrogen-bond acceptors (Lipinski definition) is 3. The standard InChI is InChI=1S/C22H9F8NO4/c23-11-6-13-12(5-10(11)14-15(24)17(26)19(28)18(27)16(14)25)31(21(34)22(29,30)35-13)7-8-2-1-3-9(4-8)20(32)33/h1-6H,7H2,(H,32,33). The minimum absolute atomic E-state index is 0.00371. The maximum atomic E-state index is 14.7. The molecule has 0 saturated carbocycles. The first-order valence-electron chi connectivity index (χ1n) is 9.40. The molecule has 0 atom stereocenters. The van der Waals surface area contributed by atoms with Gasteiger partial charge in [0.2, 0.25) is 5.82 Å². The summed E-state index contributed by atoms with van der Waals surface area (Å²) in [5.41, 5.74) is -3.89. The van der Waals surface area contributed by atoms with E-state index >= 15 is 0 Å². The van der Waals surface area contributed by atoms with Crippen LogP contribution in [-0.2, 0) is 11.3 Å². The highest BCUT2D eigenvalue weighted by Crippen LogP contribution is 2.44. The van der Waals surface area contributed by atoms with Crippen molar-refractivity contribution in [2.24, 2.45) is 0 Å². The zero-order chi connectivity index (χ0) is 25.8. The number of benzene rings is 3. The third-order valence-corrected chi connectivity index (χ3v) is 5.07. The Bertz CT molecular complexity index is 1380. The van der Waals surface area contributed by atoms with Crippen LogP contribution in [0.1, 0.15) is 15.9 Å². The number of alkyl halides is 2. The van der Waals surface area contributed by atoms with Gasteiger partial charge in [0, 0.05) is 11.6 Å². The van der Waals surface area contributed by atoms with Gasteiger partial charge in [-0.2, -0.15) is 8.78 Å². The van der Waals surface area contributed by atoms with E-state index in [0.717, 1.165) is 6.07 Å². The molecule has 1 heterocycles. The van der Waals surface area contributed by atoms with Crippen LogP contribution in [0.3, 0.4) is 0 Å². The van der Waals surface area contributed by atoms with Crippen molar-refractivity contribution < 1.29 is 54.6 Å². The number of carboxylic acids is 1. The Morgan fingerprint density at radius 2 is 1.51 bits per heavy atom. The minimum Gasteiger partial charge on any atom is -0.478 e. The van der Waals surface area contributed by atoms with Crippen LogP contribution in [0.5, 0.6) is 5.75 Å². The predicted octanol–water partition coefficient (Wildman–Crippen LogP) is 5.40. The first-order chi connectivity index (χ1) is 16.3. The molecule has 4 rings (SSSR count). The van der Waals surface area contributed by atoms with E-state index in [1.54, 1.807) is 0 Å². The number of fused-ring (bicyclic) bond motifs is 1. The highest BCUT2D eigenvalue weighted by atomic mass is 19.3. The van der Waals surface area contributed by atoms with E-state index in [2.05, 4.69) is 4.74 Å². The highest BCUT2D eigenvalue weighted by molar-refractivity contribution is 6.01. The monoisotopic (exact) mass is 503 g/mol. The first-order valence-corrected chi connectivity index (χ1v) is 9.40. The molecule has 1 amide bonds. The Labute approximate surface area is 189 Å². The summed E-state index contributed by atoms with van der Waals surface area (Å²) in [7, 11) is 0. The summed E-state index contributed by atoms with van der Waals surface area (Å²) in [6.07, 6.45) is -4.52. The van der Waals surface area contributed by atoms with E-state index in [4.69, 9.17) is 5.11 Å². The number of rotatable bonds is 4. The van der Waals surface area contributed by atoms with Gasteiger partial charge in [-0.15, -0.1) is 0 Å². The second kappa shape index (κ2) is 8.25. The number of halogens is 8. The normalized spacial score (nSPS) is 14.5. The van der Waals surface area contributed by atoms with Crippen LogP contribution >= 0.6 is 0 Å². The molecular formula is C22H9F8NO4. The molecule has 1 N–H and O–H groups in total. The van der Waals surface area contributed by atoms with Crippen molar-refractivity contribution >= 4 is 17.6 Å². The fraction of sp³-hybridized carbons (Fsp3) is 0.0909. The number of carbonyl (C=O) groups excluding carboxylic acids is 1. The van der Waals surface area contributed by atoms with Gasteiger partial charge in [0.05, 0.1) is 23.4 Å². The summed E-state index contributed by atoms with van der Waals surface area (Å²) in [6, 6.07) is 5.33. The summed E-state index contributed by atoms with van der Waals surface area (Å²) >= 11 is 0. The molecule has 0 fully saturated rings. The molecule has 182 valence electrons. The molecule has 35 heavy (non-hydrogen) atoms. The van der Waals surface area contributed by atoms with Gasteiger partial charge in [0.15, 0.2) is 29.0 Å². The quantitative estimate of drug-likeness (QED) is 0.294. The lowest BCUT2D eigenvalue weighted by atomic mass is 10.00. The van der Waals surface area contributed by atoms with Gasteiger partial charge < -0.3 is 9.84 Å². The fourth-order valence-electron chi connectivity index (χ4n) is 3.46. The average molecular weight is 503 g/mol. The summed E-state index contributed by atoms with van der Waals surface area (Å²) in [6.45, 7) is -0.742. The van der Waals surface area contributed by atoms with Crippen molar-refractivity contribution in [3.05, 3.63) is 82.4 Å². The third kappa shape index (κ3) is 3.92. The van der Waals surface area contributed by atoms with E-state index < -0.39 is 82.0 Å². The number of ether oxygens (including phenoxy) is 1. The lowest BCUT2D eigenvalue weighted by molar-refractivity contribution is -0.193. The molecule has 5 nitrogen and oxygen atoms in total. The Morgan fingerprint density at radius 1 is 0.914 bits per heavy atom. The molecule has 0 bridgehead atoms. The van der Waals surface area contributed by atoms with E-state index in [0.29, 0.717) is 11.0 Å². The fourth-order valence-corrected chi connectivity index (χ4v) is 3.46. The third-order valence-electron chi connectivity index (χ3n) is 5.07. The number of hydrogen-bond donors (Lipinski definition) is 1. The largest absolute Gasteiger partial charge is 0.482 e. The summed E-state index contributed by atoms with van der Waals surface area (Å²) in [5.74, 6) is -18.1. The number of aromatic carboxylic acids is 1. The molecule has 0 aliphatic carbocycles. The molecule has 0 radical (unpaired) electrons. The zero-order valence-corrected chi connectivity index (χ0v) is 16.8. The number of nitrogens with zero attached hydrogens (tertiary/aromatic N) is 1. The minimum atomic E-state index is -4.52. The van der Waals surface area contributed by atoms with E-state index in [1.807, 2.05) is 0 Å². The molecular weight excluding hydrogens is 494 g/mol. The molecule has 1 aliphatic heterocycles. The first kappa shape index (κ1) is 24.0.